The summed E-state index contributed by atoms with van der Waals surface area (Å²) in [5.41, 5.74) is 2.44. The fourth-order valence-corrected chi connectivity index (χ4v) is 3.98. The maximum absolute atomic E-state index is 12.7. The molecule has 2 saturated heterocycles. The Morgan fingerprint density at radius 1 is 1.11 bits per heavy atom. The Morgan fingerprint density at radius 3 is 2.43 bits per heavy atom. The minimum Gasteiger partial charge on any atom is -0.493 e. The molecular weight excluding hydrogens is 356 g/mol. The van der Waals surface area contributed by atoms with E-state index in [0.29, 0.717) is 12.6 Å². The molecule has 2 fully saturated rings. The molecule has 28 heavy (non-hydrogen) atoms. The number of benzene rings is 1. The highest BCUT2D eigenvalue weighted by Gasteiger charge is 2.26. The number of methoxy groups -OCH3 is 2. The van der Waals surface area contributed by atoms with Gasteiger partial charge in [0.2, 0.25) is 5.91 Å². The first-order chi connectivity index (χ1) is 13.5. The van der Waals surface area contributed by atoms with Gasteiger partial charge >= 0.3 is 0 Å². The molecule has 3 rings (SSSR count). The van der Waals surface area contributed by atoms with Gasteiger partial charge in [-0.25, -0.2) is 0 Å². The highest BCUT2D eigenvalue weighted by molar-refractivity contribution is 5.78. The van der Waals surface area contributed by atoms with Crippen LogP contribution in [0.1, 0.15) is 18.1 Å². The lowest BCUT2D eigenvalue weighted by atomic mass is 10.1. The zero-order valence-electron chi connectivity index (χ0n) is 17.7. The quantitative estimate of drug-likeness (QED) is 0.781. The number of carbonyl (C=O) groups excluding carboxylic acids is 1. The summed E-state index contributed by atoms with van der Waals surface area (Å²) in [6.07, 6.45) is 0. The van der Waals surface area contributed by atoms with Crippen molar-refractivity contribution >= 4 is 5.91 Å². The average Bonchev–Trinajstić information content (AvgIpc) is 2.71. The zero-order valence-corrected chi connectivity index (χ0v) is 17.7. The summed E-state index contributed by atoms with van der Waals surface area (Å²) in [5.74, 6) is 1.79. The minimum absolute atomic E-state index is 0.260. The molecule has 0 saturated carbocycles. The van der Waals surface area contributed by atoms with Crippen molar-refractivity contribution < 1.29 is 14.3 Å². The van der Waals surface area contributed by atoms with Gasteiger partial charge in [0.05, 0.1) is 20.8 Å². The molecule has 7 heteroatoms. The van der Waals surface area contributed by atoms with E-state index >= 15 is 0 Å². The standard InChI is InChI=1S/C21H34N4O3/c1-16-11-19(27-3)20(28-4)12-18(16)14-23-7-9-24(10-8-23)21(26)15-25-6-5-22-13-17(25)2/h11-12,17,22H,5-10,13-15H2,1-4H3/t17-/m1/s1. The van der Waals surface area contributed by atoms with E-state index in [0.717, 1.165) is 63.9 Å². The summed E-state index contributed by atoms with van der Waals surface area (Å²) in [7, 11) is 3.33. The number of hydrogen-bond acceptors (Lipinski definition) is 6. The Hall–Kier alpha value is -1.83. The zero-order chi connectivity index (χ0) is 20.1. The van der Waals surface area contributed by atoms with Crippen molar-refractivity contribution in [1.82, 2.24) is 20.0 Å². The number of amides is 1. The van der Waals surface area contributed by atoms with Gasteiger partial charge in [-0.05, 0) is 37.1 Å². The number of nitrogens with one attached hydrogen (secondary N) is 1. The second kappa shape index (κ2) is 9.58. The molecule has 1 amide bonds. The maximum atomic E-state index is 12.7. The molecule has 1 aromatic rings. The SMILES string of the molecule is COc1cc(C)c(CN2CCN(C(=O)CN3CCNC[C@H]3C)CC2)cc1OC. The van der Waals surface area contributed by atoms with Crippen molar-refractivity contribution in [3.8, 4) is 11.5 Å². The van der Waals surface area contributed by atoms with Crippen molar-refractivity contribution in [2.45, 2.75) is 26.4 Å². The van der Waals surface area contributed by atoms with Crippen molar-refractivity contribution in [1.29, 1.82) is 0 Å². The van der Waals surface area contributed by atoms with Gasteiger partial charge < -0.3 is 19.7 Å². The molecule has 0 aliphatic carbocycles. The topological polar surface area (TPSA) is 57.3 Å². The Bertz CT molecular complexity index is 674. The summed E-state index contributed by atoms with van der Waals surface area (Å²) >= 11 is 0. The Balaban J connectivity index is 1.52. The molecule has 156 valence electrons. The number of aryl methyl sites for hydroxylation is 1. The molecule has 2 aliphatic rings. The highest BCUT2D eigenvalue weighted by Crippen LogP contribution is 2.31. The predicted octanol–water partition coefficient (Wildman–Crippen LogP) is 0.950. The van der Waals surface area contributed by atoms with E-state index in [1.165, 1.54) is 11.1 Å². The van der Waals surface area contributed by atoms with Crippen LogP contribution in [0.5, 0.6) is 11.5 Å². The smallest absolute Gasteiger partial charge is 0.236 e. The Morgan fingerprint density at radius 2 is 1.79 bits per heavy atom. The van der Waals surface area contributed by atoms with Crippen LogP contribution in [-0.4, -0.2) is 93.2 Å². The van der Waals surface area contributed by atoms with Crippen LogP contribution in [0.3, 0.4) is 0 Å². The van der Waals surface area contributed by atoms with Gasteiger partial charge in [0, 0.05) is 58.4 Å². The third-order valence-electron chi connectivity index (χ3n) is 5.94. The van der Waals surface area contributed by atoms with Crippen molar-refractivity contribution in [2.24, 2.45) is 0 Å². The lowest BCUT2D eigenvalue weighted by Gasteiger charge is -2.38. The molecule has 0 spiro atoms. The van der Waals surface area contributed by atoms with Crippen LogP contribution >= 0.6 is 0 Å². The van der Waals surface area contributed by atoms with Gasteiger partial charge in [0.15, 0.2) is 11.5 Å². The average molecular weight is 391 g/mol. The largest absolute Gasteiger partial charge is 0.493 e. The third-order valence-corrected chi connectivity index (χ3v) is 5.94. The van der Waals surface area contributed by atoms with Gasteiger partial charge in [-0.15, -0.1) is 0 Å². The first kappa shape index (κ1) is 20.9. The van der Waals surface area contributed by atoms with Crippen molar-refractivity contribution in [3.05, 3.63) is 23.3 Å². The van der Waals surface area contributed by atoms with Crippen molar-refractivity contribution in [3.63, 3.8) is 0 Å². The summed E-state index contributed by atoms with van der Waals surface area (Å²) in [4.78, 5) is 19.4. The van der Waals surface area contributed by atoms with E-state index in [1.54, 1.807) is 14.2 Å². The van der Waals surface area contributed by atoms with Crippen LogP contribution in [0.15, 0.2) is 12.1 Å². The lowest BCUT2D eigenvalue weighted by Crippen LogP contribution is -2.55. The van der Waals surface area contributed by atoms with E-state index in [-0.39, 0.29) is 5.91 Å². The normalized spacial score (nSPS) is 21.6. The summed E-state index contributed by atoms with van der Waals surface area (Å²) in [5, 5.41) is 3.38. The van der Waals surface area contributed by atoms with E-state index in [2.05, 4.69) is 35.0 Å². The van der Waals surface area contributed by atoms with Gasteiger partial charge in [-0.1, -0.05) is 0 Å². The predicted molar refractivity (Wildman–Crippen MR) is 110 cm³/mol. The number of nitrogens with zero attached hydrogens (tertiary/aromatic N) is 3. The number of hydrogen-bond donors (Lipinski definition) is 1. The van der Waals surface area contributed by atoms with Crippen LogP contribution in [0.25, 0.3) is 0 Å². The van der Waals surface area contributed by atoms with E-state index < -0.39 is 0 Å². The number of piperazine rings is 2. The van der Waals surface area contributed by atoms with Gasteiger partial charge in [0.1, 0.15) is 0 Å². The molecular formula is C21H34N4O3. The van der Waals surface area contributed by atoms with Crippen LogP contribution < -0.4 is 14.8 Å². The summed E-state index contributed by atoms with van der Waals surface area (Å²) in [6, 6.07) is 4.52. The molecule has 0 aromatic heterocycles. The van der Waals surface area contributed by atoms with Crippen molar-refractivity contribution in [2.75, 3.05) is 66.6 Å². The first-order valence-corrected chi connectivity index (χ1v) is 10.2. The van der Waals surface area contributed by atoms with Gasteiger partial charge in [-0.2, -0.15) is 0 Å². The van der Waals surface area contributed by atoms with Crippen LogP contribution in [-0.2, 0) is 11.3 Å². The first-order valence-electron chi connectivity index (χ1n) is 10.2. The van der Waals surface area contributed by atoms with Gasteiger partial charge in [0.25, 0.3) is 0 Å². The summed E-state index contributed by atoms with van der Waals surface area (Å²) in [6.45, 7) is 12.0. The van der Waals surface area contributed by atoms with Crippen LogP contribution in [0.2, 0.25) is 0 Å². The molecule has 1 N–H and O–H groups in total. The third kappa shape index (κ3) is 4.96. The Labute approximate surface area is 168 Å². The van der Waals surface area contributed by atoms with Crippen LogP contribution in [0.4, 0.5) is 0 Å². The van der Waals surface area contributed by atoms with Crippen LogP contribution in [0, 0.1) is 6.92 Å². The second-order valence-corrected chi connectivity index (χ2v) is 7.81. The fourth-order valence-electron chi connectivity index (χ4n) is 3.98. The molecule has 0 bridgehead atoms. The molecule has 2 heterocycles. The van der Waals surface area contributed by atoms with Gasteiger partial charge in [-0.3, -0.25) is 14.6 Å². The fraction of sp³-hybridized carbons (Fsp3) is 0.667. The maximum Gasteiger partial charge on any atom is 0.236 e. The molecule has 0 radical (unpaired) electrons. The molecule has 2 aliphatic heterocycles. The highest BCUT2D eigenvalue weighted by atomic mass is 16.5. The molecule has 1 aromatic carbocycles. The Kier molecular flexibility index (Phi) is 7.15. The monoisotopic (exact) mass is 390 g/mol. The van der Waals surface area contributed by atoms with E-state index in [9.17, 15) is 4.79 Å². The molecule has 0 unspecified atom stereocenters. The number of carbonyl (C=O) groups is 1. The molecule has 7 nitrogen and oxygen atoms in total. The number of ether oxygens (including phenoxy) is 2. The van der Waals surface area contributed by atoms with E-state index in [1.807, 2.05) is 11.0 Å². The number of rotatable bonds is 6. The van der Waals surface area contributed by atoms with E-state index in [4.69, 9.17) is 9.47 Å². The second-order valence-electron chi connectivity index (χ2n) is 7.81. The molecule has 1 atom stereocenters. The minimum atomic E-state index is 0.260. The summed E-state index contributed by atoms with van der Waals surface area (Å²) < 4.78 is 10.8. The lowest BCUT2D eigenvalue weighted by molar-refractivity contribution is -0.135.